The minimum Gasteiger partial charge on any atom is -0.396 e. The maximum atomic E-state index is 12.6. The van der Waals surface area contributed by atoms with E-state index in [0.717, 1.165) is 52.7 Å². The summed E-state index contributed by atoms with van der Waals surface area (Å²) in [6.07, 6.45) is 9.47. The maximum Gasteiger partial charge on any atom is 0.141 e. The van der Waals surface area contributed by atoms with Crippen LogP contribution in [-0.2, 0) is 11.2 Å². The van der Waals surface area contributed by atoms with Crippen LogP contribution in [0.3, 0.4) is 0 Å². The second kappa shape index (κ2) is 7.60. The van der Waals surface area contributed by atoms with Crippen molar-refractivity contribution in [3.8, 4) is 10.6 Å². The van der Waals surface area contributed by atoms with E-state index in [0.29, 0.717) is 12.3 Å². The molecule has 0 bridgehead atoms. The third kappa shape index (κ3) is 3.66. The van der Waals surface area contributed by atoms with Gasteiger partial charge in [0.15, 0.2) is 0 Å². The molecule has 0 saturated heterocycles. The highest BCUT2D eigenvalue weighted by Gasteiger charge is 2.26. The van der Waals surface area contributed by atoms with Crippen LogP contribution in [0, 0.1) is 11.8 Å². The quantitative estimate of drug-likeness (QED) is 0.745. The first-order valence-electron chi connectivity index (χ1n) is 9.00. The van der Waals surface area contributed by atoms with E-state index in [1.807, 2.05) is 24.5 Å². The average Bonchev–Trinajstić information content (AvgIpc) is 3.22. The standard InChI is InChI=1S/C20H21N3O2S/c24-11-13-1-3-14(4-2-13)19(25)7-17-5-15-6-18(20-10-21-12-26-20)23-9-16(15)8-22-17/h5-6,8-10,12-14,24H,1-4,7,11H2. The van der Waals surface area contributed by atoms with Gasteiger partial charge in [-0.15, -0.1) is 11.3 Å². The number of thiazole rings is 1. The van der Waals surface area contributed by atoms with E-state index >= 15 is 0 Å². The van der Waals surface area contributed by atoms with Gasteiger partial charge in [0.25, 0.3) is 0 Å². The number of hydrogen-bond donors (Lipinski definition) is 1. The highest BCUT2D eigenvalue weighted by Crippen LogP contribution is 2.30. The van der Waals surface area contributed by atoms with Crippen molar-refractivity contribution in [3.05, 3.63) is 41.9 Å². The lowest BCUT2D eigenvalue weighted by molar-refractivity contribution is -0.123. The zero-order valence-corrected chi connectivity index (χ0v) is 15.3. The molecule has 1 aliphatic carbocycles. The van der Waals surface area contributed by atoms with Crippen LogP contribution in [0.2, 0.25) is 0 Å². The highest BCUT2D eigenvalue weighted by molar-refractivity contribution is 7.13. The van der Waals surface area contributed by atoms with E-state index in [1.165, 1.54) is 0 Å². The molecule has 0 spiro atoms. The van der Waals surface area contributed by atoms with Gasteiger partial charge in [0.2, 0.25) is 0 Å². The summed E-state index contributed by atoms with van der Waals surface area (Å²) in [5, 5.41) is 11.3. The number of pyridine rings is 2. The Kier molecular flexibility index (Phi) is 5.04. The summed E-state index contributed by atoms with van der Waals surface area (Å²) >= 11 is 1.56. The van der Waals surface area contributed by atoms with Gasteiger partial charge in [-0.05, 0) is 49.1 Å². The second-order valence-electron chi connectivity index (χ2n) is 7.00. The molecule has 0 atom stereocenters. The van der Waals surface area contributed by atoms with E-state index in [4.69, 9.17) is 0 Å². The predicted molar refractivity (Wildman–Crippen MR) is 102 cm³/mol. The fourth-order valence-corrected chi connectivity index (χ4v) is 4.24. The third-order valence-corrected chi connectivity index (χ3v) is 6.06. The van der Waals surface area contributed by atoms with Crippen molar-refractivity contribution in [1.82, 2.24) is 15.0 Å². The van der Waals surface area contributed by atoms with Crippen molar-refractivity contribution in [3.63, 3.8) is 0 Å². The van der Waals surface area contributed by atoms with E-state index < -0.39 is 0 Å². The number of hydrogen-bond acceptors (Lipinski definition) is 6. The molecule has 0 radical (unpaired) electrons. The first-order valence-corrected chi connectivity index (χ1v) is 9.88. The lowest BCUT2D eigenvalue weighted by Crippen LogP contribution is -2.24. The molecule has 1 fully saturated rings. The fraction of sp³-hybridized carbons (Fsp3) is 0.400. The van der Waals surface area contributed by atoms with Crippen molar-refractivity contribution in [2.75, 3.05) is 6.61 Å². The first-order chi connectivity index (χ1) is 12.7. The Morgan fingerprint density at radius 1 is 1.08 bits per heavy atom. The molecule has 3 aromatic rings. The summed E-state index contributed by atoms with van der Waals surface area (Å²) in [5.74, 6) is 0.751. The molecule has 0 amide bonds. The normalized spacial score (nSPS) is 20.3. The third-order valence-electron chi connectivity index (χ3n) is 5.26. The van der Waals surface area contributed by atoms with Crippen LogP contribution in [0.25, 0.3) is 21.3 Å². The van der Waals surface area contributed by atoms with Crippen LogP contribution in [0.15, 0.2) is 36.2 Å². The van der Waals surface area contributed by atoms with Crippen LogP contribution in [0.5, 0.6) is 0 Å². The molecule has 6 heteroatoms. The molecule has 5 nitrogen and oxygen atoms in total. The SMILES string of the molecule is O=C(Cc1cc2cc(-c3cncs3)ncc2cn1)C1CCC(CO)CC1. The Labute approximate surface area is 156 Å². The highest BCUT2D eigenvalue weighted by atomic mass is 32.1. The minimum absolute atomic E-state index is 0.112. The van der Waals surface area contributed by atoms with Crippen molar-refractivity contribution in [2.45, 2.75) is 32.1 Å². The molecule has 1 saturated carbocycles. The zero-order valence-electron chi connectivity index (χ0n) is 14.5. The van der Waals surface area contributed by atoms with Gasteiger partial charge >= 0.3 is 0 Å². The molecule has 0 unspecified atom stereocenters. The number of Topliss-reactive ketones (excluding diaryl/α,β-unsaturated/α-hetero) is 1. The molecule has 0 aromatic carbocycles. The molecule has 4 rings (SSSR count). The lowest BCUT2D eigenvalue weighted by atomic mass is 9.79. The first kappa shape index (κ1) is 17.2. The van der Waals surface area contributed by atoms with Crippen molar-refractivity contribution >= 4 is 27.9 Å². The Balaban J connectivity index is 1.50. The van der Waals surface area contributed by atoms with Gasteiger partial charge in [-0.2, -0.15) is 0 Å². The molecule has 1 N–H and O–H groups in total. The van der Waals surface area contributed by atoms with E-state index in [-0.39, 0.29) is 18.3 Å². The largest absolute Gasteiger partial charge is 0.396 e. The zero-order chi connectivity index (χ0) is 17.9. The van der Waals surface area contributed by atoms with Crippen molar-refractivity contribution < 1.29 is 9.90 Å². The number of carbonyl (C=O) groups is 1. The summed E-state index contributed by atoms with van der Waals surface area (Å²) < 4.78 is 0. The lowest BCUT2D eigenvalue weighted by Gasteiger charge is -2.26. The van der Waals surface area contributed by atoms with E-state index in [1.54, 1.807) is 23.0 Å². The van der Waals surface area contributed by atoms with Crippen molar-refractivity contribution in [2.24, 2.45) is 11.8 Å². The fourth-order valence-electron chi connectivity index (χ4n) is 3.65. The van der Waals surface area contributed by atoms with Crippen LogP contribution >= 0.6 is 11.3 Å². The number of aliphatic hydroxyl groups excluding tert-OH is 1. The molecular formula is C20H21N3O2S. The number of aliphatic hydroxyl groups is 1. The molecule has 3 aromatic heterocycles. The number of rotatable bonds is 5. The molecule has 26 heavy (non-hydrogen) atoms. The van der Waals surface area contributed by atoms with Crippen molar-refractivity contribution in [1.29, 1.82) is 0 Å². The van der Waals surface area contributed by atoms with Crippen LogP contribution in [-0.4, -0.2) is 32.4 Å². The number of nitrogens with zero attached hydrogens (tertiary/aromatic N) is 3. The summed E-state index contributed by atoms with van der Waals surface area (Å²) in [5.41, 5.74) is 3.50. The number of fused-ring (bicyclic) bond motifs is 1. The van der Waals surface area contributed by atoms with Gasteiger partial charge in [-0.1, -0.05) is 0 Å². The van der Waals surface area contributed by atoms with E-state index in [9.17, 15) is 9.90 Å². The summed E-state index contributed by atoms with van der Waals surface area (Å²) in [6.45, 7) is 0.239. The minimum atomic E-state index is 0.112. The summed E-state index contributed by atoms with van der Waals surface area (Å²) in [6, 6.07) is 4.03. The van der Waals surface area contributed by atoms with Crippen LogP contribution < -0.4 is 0 Å². The Morgan fingerprint density at radius 2 is 1.88 bits per heavy atom. The Morgan fingerprint density at radius 3 is 2.62 bits per heavy atom. The van der Waals surface area contributed by atoms with Gasteiger partial charge in [0.05, 0.1) is 16.1 Å². The van der Waals surface area contributed by atoms with Gasteiger partial charge in [0.1, 0.15) is 5.78 Å². The number of ketones is 1. The molecule has 0 aliphatic heterocycles. The number of aromatic nitrogens is 3. The van der Waals surface area contributed by atoms with Crippen LogP contribution in [0.1, 0.15) is 31.4 Å². The molecule has 1 aliphatic rings. The summed E-state index contributed by atoms with van der Waals surface area (Å²) in [4.78, 5) is 26.7. The smallest absolute Gasteiger partial charge is 0.141 e. The topological polar surface area (TPSA) is 76.0 Å². The number of carbonyl (C=O) groups excluding carboxylic acids is 1. The molecule has 134 valence electrons. The van der Waals surface area contributed by atoms with Crippen LogP contribution in [0.4, 0.5) is 0 Å². The average molecular weight is 367 g/mol. The summed E-state index contributed by atoms with van der Waals surface area (Å²) in [7, 11) is 0. The van der Waals surface area contributed by atoms with Gasteiger partial charge in [0, 0.05) is 48.6 Å². The molecular weight excluding hydrogens is 346 g/mol. The second-order valence-corrected chi connectivity index (χ2v) is 7.89. The van der Waals surface area contributed by atoms with E-state index in [2.05, 4.69) is 15.0 Å². The Hall–Kier alpha value is -2.18. The predicted octanol–water partition coefficient (Wildman–Crippen LogP) is 3.66. The Bertz CT molecular complexity index is 903. The van der Waals surface area contributed by atoms with Gasteiger partial charge < -0.3 is 5.11 Å². The maximum absolute atomic E-state index is 12.6. The monoisotopic (exact) mass is 367 g/mol. The molecule has 3 heterocycles. The van der Waals surface area contributed by atoms with Gasteiger partial charge in [-0.25, -0.2) is 0 Å². The van der Waals surface area contributed by atoms with Gasteiger partial charge in [-0.3, -0.25) is 19.7 Å².